The van der Waals surface area contributed by atoms with Gasteiger partial charge in [-0.2, -0.15) is 0 Å². The molecule has 0 heterocycles. The van der Waals surface area contributed by atoms with Gasteiger partial charge in [0.05, 0.1) is 16.7 Å². The molecule has 0 fully saturated rings. The van der Waals surface area contributed by atoms with Gasteiger partial charge in [0.2, 0.25) is 0 Å². The lowest BCUT2D eigenvalue weighted by atomic mass is 10.3. The molecular weight excluding hydrogens is 195 g/mol. The number of hydrogen-bond acceptors (Lipinski definition) is 1. The minimum absolute atomic E-state index is 0.431. The molecule has 0 aromatic heterocycles. The van der Waals surface area contributed by atoms with Crippen LogP contribution in [0.2, 0.25) is 10.0 Å². The second kappa shape index (κ2) is 4.58. The molecule has 1 rings (SSSR count). The van der Waals surface area contributed by atoms with Gasteiger partial charge < -0.3 is 4.74 Å². The summed E-state index contributed by atoms with van der Waals surface area (Å²) in [7, 11) is 0. The second-order valence-electron chi connectivity index (χ2n) is 2.35. The van der Waals surface area contributed by atoms with Gasteiger partial charge in [-0.25, -0.2) is 0 Å². The number of halogens is 2. The molecule has 0 N–H and O–H groups in total. The molecule has 65 valence electrons. The van der Waals surface area contributed by atoms with E-state index in [-0.39, 0.29) is 0 Å². The first-order valence-corrected chi connectivity index (χ1v) is 4.49. The number of benzene rings is 1. The van der Waals surface area contributed by atoms with Crippen molar-refractivity contribution in [2.24, 2.45) is 0 Å². The lowest BCUT2D eigenvalue weighted by Gasteiger charge is -2.04. The molecule has 1 radical (unpaired) electrons. The average Bonchev–Trinajstić information content (AvgIpc) is 2.07. The molecule has 12 heavy (non-hydrogen) atoms. The van der Waals surface area contributed by atoms with Crippen molar-refractivity contribution in [3.05, 3.63) is 28.2 Å². The summed E-state index contributed by atoms with van der Waals surface area (Å²) in [5, 5.41) is 0.908. The van der Waals surface area contributed by atoms with E-state index in [2.05, 4.69) is 6.07 Å². The Morgan fingerprint density at radius 2 is 2.25 bits per heavy atom. The van der Waals surface area contributed by atoms with Crippen LogP contribution < -0.4 is 4.74 Å². The van der Waals surface area contributed by atoms with E-state index in [1.807, 2.05) is 6.92 Å². The van der Waals surface area contributed by atoms with E-state index in [1.165, 1.54) is 0 Å². The van der Waals surface area contributed by atoms with Crippen LogP contribution in [0.15, 0.2) is 12.1 Å². The van der Waals surface area contributed by atoms with Crippen molar-refractivity contribution in [1.29, 1.82) is 0 Å². The maximum absolute atomic E-state index is 5.75. The van der Waals surface area contributed by atoms with E-state index in [4.69, 9.17) is 27.9 Å². The smallest absolute Gasteiger partial charge is 0.121 e. The highest BCUT2D eigenvalue weighted by Gasteiger charge is 1.99. The Morgan fingerprint density at radius 3 is 2.83 bits per heavy atom. The fourth-order valence-electron chi connectivity index (χ4n) is 0.737. The van der Waals surface area contributed by atoms with Gasteiger partial charge in [0, 0.05) is 12.1 Å². The average molecular weight is 204 g/mol. The molecule has 0 atom stereocenters. The molecule has 1 aromatic rings. The van der Waals surface area contributed by atoms with Crippen molar-refractivity contribution in [1.82, 2.24) is 0 Å². The van der Waals surface area contributed by atoms with Crippen LogP contribution in [-0.4, -0.2) is 6.61 Å². The predicted octanol–water partition coefficient (Wildman–Crippen LogP) is 3.58. The molecule has 0 aliphatic heterocycles. The van der Waals surface area contributed by atoms with Crippen LogP contribution in [0.1, 0.15) is 13.3 Å². The summed E-state index contributed by atoms with van der Waals surface area (Å²) >= 11 is 11.4. The quantitative estimate of drug-likeness (QED) is 0.730. The fraction of sp³-hybridized carbons (Fsp3) is 0.333. The third-order valence-electron chi connectivity index (χ3n) is 1.29. The lowest BCUT2D eigenvalue weighted by molar-refractivity contribution is 0.317. The van der Waals surface area contributed by atoms with Crippen molar-refractivity contribution in [2.75, 3.05) is 6.61 Å². The lowest BCUT2D eigenvalue weighted by Crippen LogP contribution is -1.94. The molecule has 0 unspecified atom stereocenters. The molecule has 0 amide bonds. The van der Waals surface area contributed by atoms with E-state index in [0.717, 1.165) is 6.42 Å². The highest BCUT2D eigenvalue weighted by Crippen LogP contribution is 2.25. The van der Waals surface area contributed by atoms with Gasteiger partial charge in [0.1, 0.15) is 5.75 Å². The number of hydrogen-bond donors (Lipinski definition) is 0. The molecule has 0 aliphatic rings. The maximum atomic E-state index is 5.75. The highest BCUT2D eigenvalue weighted by molar-refractivity contribution is 6.41. The Morgan fingerprint density at radius 1 is 1.50 bits per heavy atom. The molecule has 3 heteroatoms. The summed E-state index contributed by atoms with van der Waals surface area (Å²) in [6.45, 7) is 2.73. The van der Waals surface area contributed by atoms with Crippen LogP contribution in [0.4, 0.5) is 0 Å². The molecule has 0 aliphatic carbocycles. The zero-order chi connectivity index (χ0) is 8.97. The van der Waals surface area contributed by atoms with Gasteiger partial charge in [-0.3, -0.25) is 0 Å². The van der Waals surface area contributed by atoms with Crippen LogP contribution in [0.5, 0.6) is 5.75 Å². The van der Waals surface area contributed by atoms with Gasteiger partial charge in [-0.05, 0) is 12.5 Å². The van der Waals surface area contributed by atoms with Crippen molar-refractivity contribution in [3.8, 4) is 5.75 Å². The van der Waals surface area contributed by atoms with E-state index >= 15 is 0 Å². The van der Waals surface area contributed by atoms with Crippen LogP contribution in [0.3, 0.4) is 0 Å². The first kappa shape index (κ1) is 9.69. The molecule has 0 bridgehead atoms. The molecule has 1 nitrogen and oxygen atoms in total. The standard InChI is InChI=1S/C9H9Cl2O/c1-2-5-12-7-3-4-8(10)9(11)6-7/h3,6H,2,5H2,1H3. The van der Waals surface area contributed by atoms with Crippen LogP contribution in [0, 0.1) is 6.07 Å². The maximum Gasteiger partial charge on any atom is 0.121 e. The molecule has 1 aromatic carbocycles. The monoisotopic (exact) mass is 203 g/mol. The molecular formula is C9H9Cl2O. The van der Waals surface area contributed by atoms with Gasteiger partial charge in [0.15, 0.2) is 0 Å². The summed E-state index contributed by atoms with van der Waals surface area (Å²) in [4.78, 5) is 0. The number of ether oxygens (including phenoxy) is 1. The third-order valence-corrected chi connectivity index (χ3v) is 2.00. The minimum atomic E-state index is 0.431. The second-order valence-corrected chi connectivity index (χ2v) is 3.13. The summed E-state index contributed by atoms with van der Waals surface area (Å²) in [6, 6.07) is 6.16. The van der Waals surface area contributed by atoms with E-state index in [9.17, 15) is 0 Å². The van der Waals surface area contributed by atoms with Crippen LogP contribution in [0.25, 0.3) is 0 Å². The Hall–Kier alpha value is -0.400. The SMILES string of the molecule is CCCOc1c[c]c(Cl)c(Cl)c1. The van der Waals surface area contributed by atoms with Crippen molar-refractivity contribution >= 4 is 23.2 Å². The van der Waals surface area contributed by atoms with Gasteiger partial charge in [-0.1, -0.05) is 30.1 Å². The molecule has 0 spiro atoms. The highest BCUT2D eigenvalue weighted by atomic mass is 35.5. The van der Waals surface area contributed by atoms with E-state index < -0.39 is 0 Å². The summed E-state index contributed by atoms with van der Waals surface area (Å²) in [5.74, 6) is 0.714. The van der Waals surface area contributed by atoms with Gasteiger partial charge in [-0.15, -0.1) is 0 Å². The Kier molecular flexibility index (Phi) is 3.70. The first-order chi connectivity index (χ1) is 5.74. The summed E-state index contributed by atoms with van der Waals surface area (Å²) < 4.78 is 5.32. The van der Waals surface area contributed by atoms with Crippen LogP contribution >= 0.6 is 23.2 Å². The molecule has 0 saturated carbocycles. The summed E-state index contributed by atoms with van der Waals surface area (Å²) in [5.41, 5.74) is 0. The zero-order valence-electron chi connectivity index (χ0n) is 6.73. The molecule has 0 saturated heterocycles. The number of rotatable bonds is 3. The van der Waals surface area contributed by atoms with Crippen molar-refractivity contribution in [3.63, 3.8) is 0 Å². The van der Waals surface area contributed by atoms with E-state index in [0.29, 0.717) is 22.4 Å². The van der Waals surface area contributed by atoms with Gasteiger partial charge >= 0.3 is 0 Å². The van der Waals surface area contributed by atoms with Gasteiger partial charge in [0.25, 0.3) is 0 Å². The third kappa shape index (κ3) is 2.58. The Bertz CT molecular complexity index is 261. The fourth-order valence-corrected chi connectivity index (χ4v) is 1.01. The van der Waals surface area contributed by atoms with E-state index in [1.54, 1.807) is 12.1 Å². The van der Waals surface area contributed by atoms with Crippen molar-refractivity contribution < 1.29 is 4.74 Å². The zero-order valence-corrected chi connectivity index (χ0v) is 8.24. The summed E-state index contributed by atoms with van der Waals surface area (Å²) in [6.07, 6.45) is 0.972. The largest absolute Gasteiger partial charge is 0.494 e. The van der Waals surface area contributed by atoms with Crippen molar-refractivity contribution in [2.45, 2.75) is 13.3 Å². The Balaban J connectivity index is 2.69. The first-order valence-electron chi connectivity index (χ1n) is 3.73. The minimum Gasteiger partial charge on any atom is -0.494 e. The topological polar surface area (TPSA) is 9.23 Å². The Labute approximate surface area is 82.2 Å². The normalized spacial score (nSPS) is 9.92. The van der Waals surface area contributed by atoms with Crippen LogP contribution in [-0.2, 0) is 0 Å². The predicted molar refractivity (Wildman–Crippen MR) is 51.1 cm³/mol.